The molecule has 0 saturated carbocycles. The number of thiophene rings is 1. The maximum absolute atomic E-state index is 6.18. The van der Waals surface area contributed by atoms with Gasteiger partial charge in [0.1, 0.15) is 0 Å². The van der Waals surface area contributed by atoms with Crippen molar-refractivity contribution >= 4 is 49.6 Å². The van der Waals surface area contributed by atoms with Gasteiger partial charge in [0.25, 0.3) is 0 Å². The summed E-state index contributed by atoms with van der Waals surface area (Å²) in [5, 5.41) is 5.18. The maximum atomic E-state index is 6.18. The standard InChI is InChI=1S/C15H15ClN2S2/c1-9(8-11-7-6-10(2)19-11)17-15-18-13-5-3-4-12(16)14(13)20-15/h3-7,9H,8H2,1-2H3,(H,17,18). The lowest BCUT2D eigenvalue weighted by Gasteiger charge is -2.11. The van der Waals surface area contributed by atoms with Crippen LogP contribution in [0.4, 0.5) is 5.13 Å². The first-order valence-electron chi connectivity index (χ1n) is 6.49. The van der Waals surface area contributed by atoms with Gasteiger partial charge >= 0.3 is 0 Å². The van der Waals surface area contributed by atoms with E-state index in [1.165, 1.54) is 9.75 Å². The van der Waals surface area contributed by atoms with Crippen molar-refractivity contribution in [2.75, 3.05) is 5.32 Å². The molecule has 1 atom stereocenters. The van der Waals surface area contributed by atoms with E-state index in [1.54, 1.807) is 11.3 Å². The average molecular weight is 323 g/mol. The fraction of sp³-hybridized carbons (Fsp3) is 0.267. The summed E-state index contributed by atoms with van der Waals surface area (Å²) in [5.74, 6) is 0. The molecule has 5 heteroatoms. The Kier molecular flexibility index (Phi) is 3.96. The number of aromatic nitrogens is 1. The van der Waals surface area contributed by atoms with Crippen molar-refractivity contribution in [1.82, 2.24) is 4.98 Å². The molecule has 0 fully saturated rings. The second-order valence-corrected chi connectivity index (χ2v) is 7.65. The molecule has 3 aromatic rings. The van der Waals surface area contributed by atoms with Crippen LogP contribution in [-0.4, -0.2) is 11.0 Å². The molecule has 3 rings (SSSR count). The largest absolute Gasteiger partial charge is 0.359 e. The monoisotopic (exact) mass is 322 g/mol. The van der Waals surface area contributed by atoms with Crippen molar-refractivity contribution in [1.29, 1.82) is 0 Å². The van der Waals surface area contributed by atoms with Gasteiger partial charge in [-0.05, 0) is 38.1 Å². The van der Waals surface area contributed by atoms with Crippen molar-refractivity contribution in [3.63, 3.8) is 0 Å². The van der Waals surface area contributed by atoms with Crippen molar-refractivity contribution in [2.24, 2.45) is 0 Å². The lowest BCUT2D eigenvalue weighted by Crippen LogP contribution is -2.17. The molecule has 2 aromatic heterocycles. The van der Waals surface area contributed by atoms with E-state index in [2.05, 4.69) is 36.3 Å². The zero-order chi connectivity index (χ0) is 14.1. The molecule has 0 radical (unpaired) electrons. The zero-order valence-electron chi connectivity index (χ0n) is 11.3. The quantitative estimate of drug-likeness (QED) is 0.699. The van der Waals surface area contributed by atoms with Crippen LogP contribution in [0.2, 0.25) is 5.02 Å². The molecule has 0 amide bonds. The number of hydrogen-bond acceptors (Lipinski definition) is 4. The summed E-state index contributed by atoms with van der Waals surface area (Å²) >= 11 is 9.66. The van der Waals surface area contributed by atoms with E-state index in [1.807, 2.05) is 29.5 Å². The Balaban J connectivity index is 1.74. The highest BCUT2D eigenvalue weighted by molar-refractivity contribution is 7.22. The molecule has 1 unspecified atom stereocenters. The van der Waals surface area contributed by atoms with Crippen LogP contribution >= 0.6 is 34.3 Å². The molecule has 0 aliphatic heterocycles. The van der Waals surface area contributed by atoms with Crippen LogP contribution in [0.3, 0.4) is 0 Å². The Morgan fingerprint density at radius 1 is 1.25 bits per heavy atom. The predicted molar refractivity (Wildman–Crippen MR) is 90.5 cm³/mol. The van der Waals surface area contributed by atoms with Crippen molar-refractivity contribution in [3.8, 4) is 0 Å². The van der Waals surface area contributed by atoms with Gasteiger partial charge in [0.05, 0.1) is 15.2 Å². The van der Waals surface area contributed by atoms with Gasteiger partial charge in [-0.15, -0.1) is 11.3 Å². The van der Waals surface area contributed by atoms with E-state index < -0.39 is 0 Å². The van der Waals surface area contributed by atoms with Gasteiger partial charge in [0.2, 0.25) is 0 Å². The van der Waals surface area contributed by atoms with Gasteiger partial charge in [-0.3, -0.25) is 0 Å². The first kappa shape index (κ1) is 13.9. The Hall–Kier alpha value is -1.10. The third kappa shape index (κ3) is 2.97. The van der Waals surface area contributed by atoms with Crippen LogP contribution in [0.1, 0.15) is 16.7 Å². The number of halogens is 1. The number of aryl methyl sites for hydroxylation is 1. The topological polar surface area (TPSA) is 24.9 Å². The lowest BCUT2D eigenvalue weighted by molar-refractivity contribution is 0.799. The number of thiazole rings is 1. The highest BCUT2D eigenvalue weighted by atomic mass is 35.5. The summed E-state index contributed by atoms with van der Waals surface area (Å²) in [7, 11) is 0. The normalized spacial score (nSPS) is 12.8. The number of hydrogen-bond donors (Lipinski definition) is 1. The summed E-state index contributed by atoms with van der Waals surface area (Å²) in [6, 6.07) is 10.6. The fourth-order valence-electron chi connectivity index (χ4n) is 2.14. The summed E-state index contributed by atoms with van der Waals surface area (Å²) in [6.45, 7) is 4.32. The maximum Gasteiger partial charge on any atom is 0.184 e. The van der Waals surface area contributed by atoms with Crippen LogP contribution in [0.15, 0.2) is 30.3 Å². The number of fused-ring (bicyclic) bond motifs is 1. The summed E-state index contributed by atoms with van der Waals surface area (Å²) in [4.78, 5) is 7.35. The molecule has 0 bridgehead atoms. The number of rotatable bonds is 4. The van der Waals surface area contributed by atoms with Crippen molar-refractivity contribution < 1.29 is 0 Å². The van der Waals surface area contributed by atoms with E-state index in [-0.39, 0.29) is 0 Å². The molecule has 0 aliphatic carbocycles. The van der Waals surface area contributed by atoms with Crippen LogP contribution in [0.25, 0.3) is 10.2 Å². The number of nitrogens with zero attached hydrogens (tertiary/aromatic N) is 1. The van der Waals surface area contributed by atoms with E-state index in [0.717, 1.165) is 26.8 Å². The van der Waals surface area contributed by atoms with Gasteiger partial charge in [-0.2, -0.15) is 0 Å². The molecule has 104 valence electrons. The van der Waals surface area contributed by atoms with E-state index in [9.17, 15) is 0 Å². The molecule has 0 aliphatic rings. The molecule has 0 saturated heterocycles. The van der Waals surface area contributed by atoms with Crippen molar-refractivity contribution in [3.05, 3.63) is 45.1 Å². The Bertz CT molecular complexity index is 732. The fourth-order valence-corrected chi connectivity index (χ4v) is 4.42. The number of anilines is 1. The molecule has 20 heavy (non-hydrogen) atoms. The first-order valence-corrected chi connectivity index (χ1v) is 8.50. The number of nitrogens with one attached hydrogen (secondary N) is 1. The van der Waals surface area contributed by atoms with E-state index in [4.69, 9.17) is 11.6 Å². The molecule has 0 spiro atoms. The SMILES string of the molecule is Cc1ccc(CC(C)Nc2nc3cccc(Cl)c3s2)s1. The Labute approximate surface area is 131 Å². The molecular formula is C15H15ClN2S2. The average Bonchev–Trinajstić information content (AvgIpc) is 2.96. The van der Waals surface area contributed by atoms with Crippen LogP contribution < -0.4 is 5.32 Å². The minimum Gasteiger partial charge on any atom is -0.359 e. The third-order valence-corrected chi connectivity index (χ3v) is 5.53. The van der Waals surface area contributed by atoms with Gasteiger partial charge in [0, 0.05) is 22.2 Å². The predicted octanol–water partition coefficient (Wildman–Crippen LogP) is 5.36. The summed E-state index contributed by atoms with van der Waals surface area (Å²) in [5.41, 5.74) is 0.962. The Morgan fingerprint density at radius 3 is 2.80 bits per heavy atom. The van der Waals surface area contributed by atoms with Gasteiger partial charge in [-0.25, -0.2) is 4.98 Å². The van der Waals surface area contributed by atoms with Crippen LogP contribution in [0, 0.1) is 6.92 Å². The minimum atomic E-state index is 0.354. The van der Waals surface area contributed by atoms with Crippen molar-refractivity contribution in [2.45, 2.75) is 26.3 Å². The molecule has 2 heterocycles. The zero-order valence-corrected chi connectivity index (χ0v) is 13.7. The van der Waals surface area contributed by atoms with Crippen LogP contribution in [-0.2, 0) is 6.42 Å². The second-order valence-electron chi connectivity index (χ2n) is 4.87. The molecule has 2 nitrogen and oxygen atoms in total. The van der Waals surface area contributed by atoms with Crippen LogP contribution in [0.5, 0.6) is 0 Å². The lowest BCUT2D eigenvalue weighted by atomic mass is 10.2. The molecule has 1 N–H and O–H groups in total. The third-order valence-electron chi connectivity index (χ3n) is 3.04. The highest BCUT2D eigenvalue weighted by Gasteiger charge is 2.10. The first-order chi connectivity index (χ1) is 9.61. The minimum absolute atomic E-state index is 0.354. The molecule has 1 aromatic carbocycles. The summed E-state index contributed by atoms with van der Waals surface area (Å²) in [6.07, 6.45) is 1.02. The highest BCUT2D eigenvalue weighted by Crippen LogP contribution is 2.32. The molecular weight excluding hydrogens is 308 g/mol. The smallest absolute Gasteiger partial charge is 0.184 e. The summed E-state index contributed by atoms with van der Waals surface area (Å²) < 4.78 is 1.05. The second kappa shape index (κ2) is 5.72. The van der Waals surface area contributed by atoms with E-state index >= 15 is 0 Å². The van der Waals surface area contributed by atoms with E-state index in [0.29, 0.717) is 6.04 Å². The van der Waals surface area contributed by atoms with Gasteiger partial charge < -0.3 is 5.32 Å². The van der Waals surface area contributed by atoms with Gasteiger partial charge in [-0.1, -0.05) is 29.0 Å². The number of benzene rings is 1. The van der Waals surface area contributed by atoms with Gasteiger partial charge in [0.15, 0.2) is 5.13 Å². The Morgan fingerprint density at radius 2 is 2.10 bits per heavy atom.